The quantitative estimate of drug-likeness (QED) is 0.403. The van der Waals surface area contributed by atoms with Gasteiger partial charge in [-0.25, -0.2) is 0 Å². The molecule has 0 aliphatic rings. The Labute approximate surface area is 84.3 Å². The number of para-hydroxylation sites is 1. The van der Waals surface area contributed by atoms with Crippen LogP contribution in [0.1, 0.15) is 0 Å². The van der Waals surface area contributed by atoms with Crippen molar-refractivity contribution in [2.24, 2.45) is 4.99 Å². The van der Waals surface area contributed by atoms with Gasteiger partial charge < -0.3 is 4.74 Å². The molecule has 14 heavy (non-hydrogen) atoms. The number of ether oxygens (including phenoxy) is 1. The van der Waals surface area contributed by atoms with Crippen LogP contribution in [0.25, 0.3) is 0 Å². The summed E-state index contributed by atoms with van der Waals surface area (Å²) in [6, 6.07) is 9.69. The molecule has 0 atom stereocenters. The van der Waals surface area contributed by atoms with E-state index in [1.165, 1.54) is 0 Å². The van der Waals surface area contributed by atoms with Crippen LogP contribution in [0.15, 0.2) is 59.8 Å². The van der Waals surface area contributed by atoms with Crippen molar-refractivity contribution in [2.75, 3.05) is 7.11 Å². The average Bonchev–Trinajstić information content (AvgIpc) is 2.25. The van der Waals surface area contributed by atoms with E-state index >= 15 is 0 Å². The van der Waals surface area contributed by atoms with Crippen LogP contribution >= 0.6 is 0 Å². The van der Waals surface area contributed by atoms with Gasteiger partial charge in [0.2, 0.25) is 0 Å². The van der Waals surface area contributed by atoms with Gasteiger partial charge in [0.05, 0.1) is 19.0 Å². The summed E-state index contributed by atoms with van der Waals surface area (Å²) in [7, 11) is 1.60. The Morgan fingerprint density at radius 2 is 2.07 bits per heavy atom. The maximum absolute atomic E-state index is 5.05. The highest BCUT2D eigenvalue weighted by molar-refractivity contribution is 5.79. The zero-order valence-corrected chi connectivity index (χ0v) is 8.18. The van der Waals surface area contributed by atoms with Crippen LogP contribution in [0, 0.1) is 0 Å². The van der Waals surface area contributed by atoms with Gasteiger partial charge in [-0.15, -0.1) is 0 Å². The van der Waals surface area contributed by atoms with Gasteiger partial charge in [-0.05, 0) is 18.2 Å². The Bertz CT molecular complexity index is 339. The zero-order valence-electron chi connectivity index (χ0n) is 8.18. The molecule has 0 saturated carbocycles. The van der Waals surface area contributed by atoms with Crippen molar-refractivity contribution in [3.05, 3.63) is 54.8 Å². The van der Waals surface area contributed by atoms with Crippen LogP contribution in [0.3, 0.4) is 0 Å². The second kappa shape index (κ2) is 5.75. The van der Waals surface area contributed by atoms with Crippen molar-refractivity contribution in [2.45, 2.75) is 0 Å². The van der Waals surface area contributed by atoms with Crippen LogP contribution in [-0.2, 0) is 4.74 Å². The Hall–Kier alpha value is -1.83. The van der Waals surface area contributed by atoms with Crippen LogP contribution < -0.4 is 0 Å². The fraction of sp³-hybridized carbons (Fsp3) is 0.0833. The van der Waals surface area contributed by atoms with Crippen molar-refractivity contribution in [1.29, 1.82) is 0 Å². The lowest BCUT2D eigenvalue weighted by Crippen LogP contribution is -1.86. The third-order valence-corrected chi connectivity index (χ3v) is 1.61. The minimum absolute atomic E-state index is 0.684. The molecule has 0 saturated heterocycles. The number of rotatable bonds is 4. The molecule has 1 aromatic carbocycles. The standard InChI is InChI=1S/C12H13NO/c1-3-7-12(14-2)10-13-11-8-5-4-6-9-11/h3-10H,1H2,2H3/b12-7-,13-10?. The van der Waals surface area contributed by atoms with Crippen molar-refractivity contribution in [1.82, 2.24) is 0 Å². The summed E-state index contributed by atoms with van der Waals surface area (Å²) in [6.45, 7) is 3.59. The van der Waals surface area contributed by atoms with Crippen LogP contribution in [0.2, 0.25) is 0 Å². The molecular formula is C12H13NO. The predicted octanol–water partition coefficient (Wildman–Crippen LogP) is 3.11. The van der Waals surface area contributed by atoms with Crippen LogP contribution in [-0.4, -0.2) is 13.3 Å². The molecule has 0 fully saturated rings. The van der Waals surface area contributed by atoms with Crippen molar-refractivity contribution in [3.8, 4) is 0 Å². The van der Waals surface area contributed by atoms with E-state index in [1.54, 1.807) is 25.5 Å². The zero-order chi connectivity index (χ0) is 10.2. The predicted molar refractivity (Wildman–Crippen MR) is 59.9 cm³/mol. The molecule has 0 spiro atoms. The molecule has 0 N–H and O–H groups in total. The fourth-order valence-corrected chi connectivity index (χ4v) is 0.932. The molecule has 1 aromatic rings. The summed E-state index contributed by atoms with van der Waals surface area (Å²) in [4.78, 5) is 4.23. The first-order chi connectivity index (χ1) is 6.86. The summed E-state index contributed by atoms with van der Waals surface area (Å²) in [6.07, 6.45) is 5.08. The molecule has 0 aliphatic heterocycles. The van der Waals surface area contributed by atoms with E-state index in [0.717, 1.165) is 5.69 Å². The number of methoxy groups -OCH3 is 1. The summed E-state index contributed by atoms with van der Waals surface area (Å²) >= 11 is 0. The fourth-order valence-electron chi connectivity index (χ4n) is 0.932. The summed E-state index contributed by atoms with van der Waals surface area (Å²) in [5.41, 5.74) is 0.902. The minimum atomic E-state index is 0.684. The van der Waals surface area contributed by atoms with E-state index in [4.69, 9.17) is 4.74 Å². The van der Waals surface area contributed by atoms with Crippen LogP contribution in [0.4, 0.5) is 5.69 Å². The lowest BCUT2D eigenvalue weighted by molar-refractivity contribution is 0.317. The molecule has 0 aromatic heterocycles. The van der Waals surface area contributed by atoms with E-state index in [-0.39, 0.29) is 0 Å². The lowest BCUT2D eigenvalue weighted by Gasteiger charge is -1.97. The number of hydrogen-bond acceptors (Lipinski definition) is 2. The number of nitrogens with zero attached hydrogens (tertiary/aromatic N) is 1. The third kappa shape index (κ3) is 3.27. The maximum Gasteiger partial charge on any atom is 0.137 e. The first-order valence-electron chi connectivity index (χ1n) is 4.32. The maximum atomic E-state index is 5.05. The number of aliphatic imine (C=N–C) groups is 1. The van der Waals surface area contributed by atoms with Gasteiger partial charge in [0, 0.05) is 0 Å². The molecule has 1 rings (SSSR count). The molecule has 2 heteroatoms. The molecule has 0 radical (unpaired) electrons. The van der Waals surface area contributed by atoms with E-state index in [0.29, 0.717) is 5.76 Å². The lowest BCUT2D eigenvalue weighted by atomic mass is 10.3. The normalized spacial score (nSPS) is 11.6. The summed E-state index contributed by atoms with van der Waals surface area (Å²) in [5.74, 6) is 0.684. The van der Waals surface area contributed by atoms with E-state index in [2.05, 4.69) is 11.6 Å². The van der Waals surface area contributed by atoms with E-state index in [1.807, 2.05) is 30.3 Å². The number of allylic oxidation sites excluding steroid dienone is 3. The molecule has 0 heterocycles. The number of benzene rings is 1. The van der Waals surface area contributed by atoms with Crippen molar-refractivity contribution >= 4 is 11.9 Å². The monoisotopic (exact) mass is 187 g/mol. The van der Waals surface area contributed by atoms with Crippen molar-refractivity contribution < 1.29 is 4.74 Å². The first-order valence-corrected chi connectivity index (χ1v) is 4.32. The molecule has 2 nitrogen and oxygen atoms in total. The molecule has 0 unspecified atom stereocenters. The molecule has 0 bridgehead atoms. The van der Waals surface area contributed by atoms with Gasteiger partial charge in [-0.3, -0.25) is 4.99 Å². The van der Waals surface area contributed by atoms with Gasteiger partial charge in [-0.2, -0.15) is 0 Å². The minimum Gasteiger partial charge on any atom is -0.495 e. The topological polar surface area (TPSA) is 21.6 Å². The molecular weight excluding hydrogens is 174 g/mol. The Morgan fingerprint density at radius 1 is 1.36 bits per heavy atom. The van der Waals surface area contributed by atoms with E-state index < -0.39 is 0 Å². The van der Waals surface area contributed by atoms with Gasteiger partial charge in [-0.1, -0.05) is 30.9 Å². The highest BCUT2D eigenvalue weighted by atomic mass is 16.5. The number of hydrogen-bond donors (Lipinski definition) is 0. The Kier molecular flexibility index (Phi) is 4.21. The van der Waals surface area contributed by atoms with Crippen LogP contribution in [0.5, 0.6) is 0 Å². The molecule has 0 aliphatic carbocycles. The van der Waals surface area contributed by atoms with Gasteiger partial charge in [0.25, 0.3) is 0 Å². The smallest absolute Gasteiger partial charge is 0.137 e. The molecule has 0 amide bonds. The molecule has 72 valence electrons. The SMILES string of the molecule is C=C/C=C(/C=Nc1ccccc1)OC. The van der Waals surface area contributed by atoms with Gasteiger partial charge >= 0.3 is 0 Å². The largest absolute Gasteiger partial charge is 0.495 e. The Morgan fingerprint density at radius 3 is 2.64 bits per heavy atom. The highest BCUT2D eigenvalue weighted by Crippen LogP contribution is 2.09. The second-order valence-corrected chi connectivity index (χ2v) is 2.60. The second-order valence-electron chi connectivity index (χ2n) is 2.60. The van der Waals surface area contributed by atoms with E-state index in [9.17, 15) is 0 Å². The summed E-state index contributed by atoms with van der Waals surface area (Å²) < 4.78 is 5.05. The van der Waals surface area contributed by atoms with Gasteiger partial charge in [0.15, 0.2) is 0 Å². The average molecular weight is 187 g/mol. The van der Waals surface area contributed by atoms with Crippen molar-refractivity contribution in [3.63, 3.8) is 0 Å². The Balaban J connectivity index is 2.72. The third-order valence-electron chi connectivity index (χ3n) is 1.61. The first kappa shape index (κ1) is 10.3. The van der Waals surface area contributed by atoms with Gasteiger partial charge in [0.1, 0.15) is 5.76 Å². The summed E-state index contributed by atoms with van der Waals surface area (Å²) in [5, 5.41) is 0. The highest BCUT2D eigenvalue weighted by Gasteiger charge is 1.88.